The fourth-order valence-electron chi connectivity index (χ4n) is 2.73. The van der Waals surface area contributed by atoms with Crippen LogP contribution in [-0.2, 0) is 9.53 Å². The average molecular weight is 524 g/mol. The summed E-state index contributed by atoms with van der Waals surface area (Å²) in [5.74, 6) is 0.660. The Morgan fingerprint density at radius 1 is 1.18 bits per heavy atom. The summed E-state index contributed by atoms with van der Waals surface area (Å²) in [7, 11) is 3.36. The molecule has 1 fully saturated rings. The number of carbonyl (C=O) groups excluding carboxylic acids is 1. The number of piperazine rings is 1. The number of anilines is 1. The number of aliphatic imine (C=N–C) groups is 1. The molecule has 0 atom stereocenters. The zero-order chi connectivity index (χ0) is 19.9. The molecule has 2 N–H and O–H groups in total. The molecule has 9 heteroatoms. The molecule has 2 rings (SSSR count). The maximum absolute atomic E-state index is 12.5. The van der Waals surface area contributed by atoms with Gasteiger partial charge in [0.15, 0.2) is 5.96 Å². The van der Waals surface area contributed by atoms with E-state index in [1.165, 1.54) is 0 Å². The first-order chi connectivity index (χ1) is 12.8. The van der Waals surface area contributed by atoms with E-state index in [1.54, 1.807) is 14.2 Å². The number of nitrogens with zero attached hydrogens (tertiary/aromatic N) is 3. The van der Waals surface area contributed by atoms with Crippen LogP contribution in [-0.4, -0.2) is 75.8 Å². The summed E-state index contributed by atoms with van der Waals surface area (Å²) in [6.45, 7) is 7.80. The summed E-state index contributed by atoms with van der Waals surface area (Å²) < 4.78 is 5.37. The van der Waals surface area contributed by atoms with Crippen LogP contribution in [0.3, 0.4) is 0 Å². The van der Waals surface area contributed by atoms with Gasteiger partial charge in [0.1, 0.15) is 0 Å². The predicted octanol–water partition coefficient (Wildman–Crippen LogP) is 2.20. The van der Waals surface area contributed by atoms with Gasteiger partial charge in [0.2, 0.25) is 5.91 Å². The maximum Gasteiger partial charge on any atom is 0.242 e. The maximum atomic E-state index is 12.5. The van der Waals surface area contributed by atoms with Crippen molar-refractivity contribution in [2.45, 2.75) is 19.4 Å². The molecule has 0 spiro atoms. The Morgan fingerprint density at radius 3 is 2.32 bits per heavy atom. The third-order valence-corrected chi connectivity index (χ3v) is 4.94. The molecule has 158 valence electrons. The van der Waals surface area contributed by atoms with Crippen LogP contribution in [0.5, 0.6) is 0 Å². The van der Waals surface area contributed by atoms with E-state index in [1.807, 2.05) is 43.0 Å². The Morgan fingerprint density at radius 2 is 1.79 bits per heavy atom. The average Bonchev–Trinajstić information content (AvgIpc) is 2.68. The van der Waals surface area contributed by atoms with E-state index in [0.29, 0.717) is 25.6 Å². The number of amides is 1. The summed E-state index contributed by atoms with van der Waals surface area (Å²) >= 11 is 5.94. The minimum Gasteiger partial charge on any atom is -0.377 e. The number of nitrogens with one attached hydrogen (secondary N) is 2. The van der Waals surface area contributed by atoms with E-state index >= 15 is 0 Å². The summed E-state index contributed by atoms with van der Waals surface area (Å²) in [6.07, 6.45) is 0. The number of halogens is 2. The van der Waals surface area contributed by atoms with Gasteiger partial charge in [0.25, 0.3) is 0 Å². The van der Waals surface area contributed by atoms with Gasteiger partial charge in [-0.2, -0.15) is 0 Å². The molecule has 28 heavy (non-hydrogen) atoms. The fourth-order valence-corrected chi connectivity index (χ4v) is 2.85. The molecular weight excluding hydrogens is 493 g/mol. The number of ether oxygens (including phenoxy) is 1. The predicted molar refractivity (Wildman–Crippen MR) is 126 cm³/mol. The highest BCUT2D eigenvalue weighted by Crippen LogP contribution is 2.19. The molecule has 1 aromatic rings. The van der Waals surface area contributed by atoms with Crippen LogP contribution in [0, 0.1) is 0 Å². The van der Waals surface area contributed by atoms with Crippen molar-refractivity contribution >= 4 is 53.1 Å². The molecule has 1 aliphatic heterocycles. The van der Waals surface area contributed by atoms with Gasteiger partial charge in [-0.3, -0.25) is 9.79 Å². The number of carbonyl (C=O) groups is 1. The van der Waals surface area contributed by atoms with Crippen molar-refractivity contribution in [2.75, 3.05) is 58.3 Å². The largest absolute Gasteiger partial charge is 0.377 e. The van der Waals surface area contributed by atoms with Crippen molar-refractivity contribution in [1.82, 2.24) is 15.5 Å². The van der Waals surface area contributed by atoms with Crippen molar-refractivity contribution in [2.24, 2.45) is 4.99 Å². The Hall–Kier alpha value is -1.26. The van der Waals surface area contributed by atoms with Crippen LogP contribution < -0.4 is 15.5 Å². The lowest BCUT2D eigenvalue weighted by molar-refractivity contribution is -0.130. The molecule has 1 aliphatic rings. The summed E-state index contributed by atoms with van der Waals surface area (Å²) in [6, 6.07) is 7.81. The molecule has 1 aromatic carbocycles. The molecule has 0 radical (unpaired) electrons. The number of hydrogen-bond acceptors (Lipinski definition) is 4. The van der Waals surface area contributed by atoms with Crippen LogP contribution in [0.4, 0.5) is 5.69 Å². The third kappa shape index (κ3) is 7.63. The van der Waals surface area contributed by atoms with Gasteiger partial charge < -0.3 is 25.2 Å². The SMILES string of the molecule is CN=C(NCC(=O)N1CCN(c2ccc(Cl)cc2)CC1)NCC(C)(C)OC.I. The Kier molecular flexibility index (Phi) is 10.3. The van der Waals surface area contributed by atoms with E-state index < -0.39 is 0 Å². The van der Waals surface area contributed by atoms with Crippen molar-refractivity contribution in [1.29, 1.82) is 0 Å². The van der Waals surface area contributed by atoms with Gasteiger partial charge in [0, 0.05) is 57.6 Å². The lowest BCUT2D eigenvalue weighted by Crippen LogP contribution is -2.53. The third-order valence-electron chi connectivity index (χ3n) is 4.69. The summed E-state index contributed by atoms with van der Waals surface area (Å²) in [4.78, 5) is 20.8. The number of methoxy groups -OCH3 is 1. The standard InChI is InChI=1S/C19H30ClN5O2.HI/c1-19(2,27-4)14-23-18(21-3)22-13-17(26)25-11-9-24(10-12-25)16-7-5-15(20)6-8-16;/h5-8H,9-14H2,1-4H3,(H2,21,22,23);1H. The minimum atomic E-state index is -0.306. The van der Waals surface area contributed by atoms with Gasteiger partial charge in [-0.1, -0.05) is 11.6 Å². The zero-order valence-electron chi connectivity index (χ0n) is 17.0. The van der Waals surface area contributed by atoms with Crippen LogP contribution in [0.2, 0.25) is 5.02 Å². The topological polar surface area (TPSA) is 69.2 Å². The van der Waals surface area contributed by atoms with Crippen molar-refractivity contribution in [3.63, 3.8) is 0 Å². The zero-order valence-corrected chi connectivity index (χ0v) is 20.1. The first-order valence-corrected chi connectivity index (χ1v) is 9.50. The first-order valence-electron chi connectivity index (χ1n) is 9.12. The molecule has 1 heterocycles. The molecular formula is C19H31ClIN5O2. The van der Waals surface area contributed by atoms with E-state index in [4.69, 9.17) is 16.3 Å². The highest BCUT2D eigenvalue weighted by molar-refractivity contribution is 14.0. The first kappa shape index (κ1) is 24.8. The van der Waals surface area contributed by atoms with Gasteiger partial charge >= 0.3 is 0 Å². The van der Waals surface area contributed by atoms with Crippen LogP contribution in [0.1, 0.15) is 13.8 Å². The Balaban J connectivity index is 0.00000392. The van der Waals surface area contributed by atoms with Gasteiger partial charge in [-0.05, 0) is 38.1 Å². The second kappa shape index (κ2) is 11.7. The van der Waals surface area contributed by atoms with Gasteiger partial charge in [-0.25, -0.2) is 0 Å². The summed E-state index contributed by atoms with van der Waals surface area (Å²) in [5.41, 5.74) is 0.828. The monoisotopic (exact) mass is 523 g/mol. The summed E-state index contributed by atoms with van der Waals surface area (Å²) in [5, 5.41) is 6.98. The second-order valence-corrected chi connectivity index (χ2v) is 7.52. The normalized spacial score (nSPS) is 15.1. The van der Waals surface area contributed by atoms with E-state index in [0.717, 1.165) is 23.8 Å². The number of benzene rings is 1. The minimum absolute atomic E-state index is 0. The van der Waals surface area contributed by atoms with Crippen LogP contribution >= 0.6 is 35.6 Å². The molecule has 0 unspecified atom stereocenters. The smallest absolute Gasteiger partial charge is 0.242 e. The molecule has 1 saturated heterocycles. The number of guanidine groups is 1. The highest BCUT2D eigenvalue weighted by Gasteiger charge is 2.22. The van der Waals surface area contributed by atoms with E-state index in [2.05, 4.69) is 20.5 Å². The molecule has 0 aliphatic carbocycles. The molecule has 0 aromatic heterocycles. The van der Waals surface area contributed by atoms with Gasteiger partial charge in [0.05, 0.1) is 12.1 Å². The fraction of sp³-hybridized carbons (Fsp3) is 0.579. The molecule has 1 amide bonds. The molecule has 0 saturated carbocycles. The van der Waals surface area contributed by atoms with Crippen molar-refractivity contribution in [3.8, 4) is 0 Å². The lowest BCUT2D eigenvalue weighted by atomic mass is 10.1. The van der Waals surface area contributed by atoms with Crippen molar-refractivity contribution < 1.29 is 9.53 Å². The highest BCUT2D eigenvalue weighted by atomic mass is 127. The van der Waals surface area contributed by atoms with Gasteiger partial charge in [-0.15, -0.1) is 24.0 Å². The van der Waals surface area contributed by atoms with Crippen LogP contribution in [0.15, 0.2) is 29.3 Å². The molecule has 0 bridgehead atoms. The second-order valence-electron chi connectivity index (χ2n) is 7.09. The van der Waals surface area contributed by atoms with E-state index in [9.17, 15) is 4.79 Å². The number of rotatable bonds is 6. The quantitative estimate of drug-likeness (QED) is 0.340. The Labute approximate surface area is 189 Å². The van der Waals surface area contributed by atoms with Crippen LogP contribution in [0.25, 0.3) is 0 Å². The molecule has 7 nitrogen and oxygen atoms in total. The van der Waals surface area contributed by atoms with E-state index in [-0.39, 0.29) is 42.0 Å². The van der Waals surface area contributed by atoms with Crippen molar-refractivity contribution in [3.05, 3.63) is 29.3 Å². The lowest BCUT2D eigenvalue weighted by Gasteiger charge is -2.36. The number of hydrogen-bond donors (Lipinski definition) is 2. The Bertz CT molecular complexity index is 646.